The number of carbonyl (C=O) groups is 1. The number of nitro benzene ring substituents is 1. The zero-order chi connectivity index (χ0) is 21.4. The summed E-state index contributed by atoms with van der Waals surface area (Å²) in [6.07, 6.45) is -4.69. The summed E-state index contributed by atoms with van der Waals surface area (Å²) in [5, 5.41) is 13.6. The molecule has 0 aliphatic rings. The Morgan fingerprint density at radius 2 is 1.83 bits per heavy atom. The number of halogens is 3. The Hall–Kier alpha value is -2.95. The number of nitro groups is 1. The fraction of sp³-hybridized carbons (Fsp3) is 0.278. The predicted octanol–water partition coefficient (Wildman–Crippen LogP) is 3.91. The van der Waals surface area contributed by atoms with Crippen LogP contribution in [0.25, 0.3) is 0 Å². The van der Waals surface area contributed by atoms with Gasteiger partial charge in [-0.25, -0.2) is 0 Å². The molecule has 0 aliphatic carbocycles. The van der Waals surface area contributed by atoms with Gasteiger partial charge < -0.3 is 14.8 Å². The minimum Gasteiger partial charge on any atom is -0.497 e. The van der Waals surface area contributed by atoms with E-state index in [9.17, 15) is 28.1 Å². The number of hydrogen-bond donors (Lipinski definition) is 1. The van der Waals surface area contributed by atoms with Crippen LogP contribution in [0.1, 0.15) is 5.56 Å². The lowest BCUT2D eigenvalue weighted by molar-refractivity contribution is -0.388. The number of rotatable bonds is 9. The molecular weight excluding hydrogens is 413 g/mol. The minimum atomic E-state index is -4.69. The van der Waals surface area contributed by atoms with Gasteiger partial charge in [0.25, 0.3) is 5.69 Å². The van der Waals surface area contributed by atoms with Crippen molar-refractivity contribution < 1.29 is 32.4 Å². The molecule has 0 radical (unpaired) electrons. The van der Waals surface area contributed by atoms with Crippen LogP contribution >= 0.6 is 11.8 Å². The molecule has 11 heteroatoms. The summed E-state index contributed by atoms with van der Waals surface area (Å²) < 4.78 is 48.6. The second kappa shape index (κ2) is 10.0. The molecule has 1 N–H and O–H groups in total. The Balaban J connectivity index is 1.81. The van der Waals surface area contributed by atoms with Gasteiger partial charge in [-0.05, 0) is 36.4 Å². The second-order valence-electron chi connectivity index (χ2n) is 5.60. The van der Waals surface area contributed by atoms with Crippen LogP contribution in [-0.2, 0) is 11.0 Å². The van der Waals surface area contributed by atoms with E-state index in [-0.39, 0.29) is 23.8 Å². The van der Waals surface area contributed by atoms with Gasteiger partial charge in [-0.2, -0.15) is 13.2 Å². The molecule has 2 aromatic carbocycles. The second-order valence-corrected chi connectivity index (χ2v) is 6.62. The number of carbonyl (C=O) groups excluding carboxylic acids is 1. The van der Waals surface area contributed by atoms with Crippen LogP contribution in [0.15, 0.2) is 47.4 Å². The number of amides is 1. The smallest absolute Gasteiger partial charge is 0.416 e. The fourth-order valence-electron chi connectivity index (χ4n) is 2.18. The zero-order valence-corrected chi connectivity index (χ0v) is 16.0. The number of ether oxygens (including phenoxy) is 2. The highest BCUT2D eigenvalue weighted by Crippen LogP contribution is 2.36. The third-order valence-electron chi connectivity index (χ3n) is 3.59. The van der Waals surface area contributed by atoms with Gasteiger partial charge in [0.15, 0.2) is 0 Å². The summed E-state index contributed by atoms with van der Waals surface area (Å²) in [6.45, 7) is 0.393. The number of alkyl halides is 3. The molecule has 0 bridgehead atoms. The van der Waals surface area contributed by atoms with Crippen molar-refractivity contribution in [3.8, 4) is 11.5 Å². The van der Waals surface area contributed by atoms with E-state index in [2.05, 4.69) is 5.32 Å². The Morgan fingerprint density at radius 1 is 1.17 bits per heavy atom. The van der Waals surface area contributed by atoms with E-state index in [4.69, 9.17) is 9.47 Å². The number of nitrogens with zero attached hydrogens (tertiary/aromatic N) is 1. The molecular formula is C18H17F3N2O5S. The monoisotopic (exact) mass is 430 g/mol. The van der Waals surface area contributed by atoms with Crippen molar-refractivity contribution in [1.29, 1.82) is 0 Å². The van der Waals surface area contributed by atoms with Crippen LogP contribution in [0.5, 0.6) is 11.5 Å². The predicted molar refractivity (Wildman–Crippen MR) is 100 cm³/mol. The molecule has 29 heavy (non-hydrogen) atoms. The zero-order valence-electron chi connectivity index (χ0n) is 15.2. The van der Waals surface area contributed by atoms with Gasteiger partial charge in [0.2, 0.25) is 5.91 Å². The van der Waals surface area contributed by atoms with Crippen LogP contribution in [0.3, 0.4) is 0 Å². The first-order chi connectivity index (χ1) is 13.7. The van der Waals surface area contributed by atoms with Gasteiger partial charge in [-0.1, -0.05) is 0 Å². The Kier molecular flexibility index (Phi) is 7.71. The fourth-order valence-corrected chi connectivity index (χ4v) is 3.02. The Morgan fingerprint density at radius 3 is 2.41 bits per heavy atom. The van der Waals surface area contributed by atoms with Crippen LogP contribution in [-0.4, -0.2) is 36.8 Å². The molecule has 2 aromatic rings. The van der Waals surface area contributed by atoms with Crippen LogP contribution in [0, 0.1) is 10.1 Å². The van der Waals surface area contributed by atoms with Crippen molar-refractivity contribution in [3.05, 3.63) is 58.1 Å². The van der Waals surface area contributed by atoms with E-state index in [1.165, 1.54) is 0 Å². The molecule has 156 valence electrons. The van der Waals surface area contributed by atoms with E-state index in [0.717, 1.165) is 23.9 Å². The first-order valence-electron chi connectivity index (χ1n) is 8.22. The van der Waals surface area contributed by atoms with Crippen LogP contribution in [0.4, 0.5) is 18.9 Å². The number of benzene rings is 2. The van der Waals surface area contributed by atoms with Crippen molar-refractivity contribution >= 4 is 23.4 Å². The third-order valence-corrected chi connectivity index (χ3v) is 4.66. The average molecular weight is 430 g/mol. The summed E-state index contributed by atoms with van der Waals surface area (Å²) in [6, 6.07) is 9.06. The molecule has 0 saturated heterocycles. The molecule has 0 spiro atoms. The molecule has 1 amide bonds. The standard InChI is InChI=1S/C18H17F3N2O5S/c1-27-13-3-5-14(6-4-13)28-9-8-22-17(24)11-29-16-7-2-12(18(19,20)21)10-15(16)23(25)26/h2-7,10H,8-9,11H2,1H3,(H,22,24). The number of hydrogen-bond acceptors (Lipinski definition) is 6. The molecule has 7 nitrogen and oxygen atoms in total. The highest BCUT2D eigenvalue weighted by Gasteiger charge is 2.33. The molecule has 0 saturated carbocycles. The highest BCUT2D eigenvalue weighted by atomic mass is 32.2. The normalized spacial score (nSPS) is 11.0. The summed E-state index contributed by atoms with van der Waals surface area (Å²) in [5.74, 6) is 0.659. The first kappa shape index (κ1) is 22.3. The molecule has 0 heterocycles. The number of nitrogens with one attached hydrogen (secondary N) is 1. The van der Waals surface area contributed by atoms with Crippen molar-refractivity contribution in [2.24, 2.45) is 0 Å². The highest BCUT2D eigenvalue weighted by molar-refractivity contribution is 8.00. The summed E-state index contributed by atoms with van der Waals surface area (Å²) >= 11 is 0.786. The van der Waals surface area contributed by atoms with Gasteiger partial charge in [0.05, 0.1) is 34.8 Å². The average Bonchev–Trinajstić information content (AvgIpc) is 2.69. The van der Waals surface area contributed by atoms with E-state index >= 15 is 0 Å². The summed E-state index contributed by atoms with van der Waals surface area (Å²) in [5.41, 5.74) is -1.81. The quantitative estimate of drug-likeness (QED) is 0.281. The van der Waals surface area contributed by atoms with Crippen molar-refractivity contribution in [1.82, 2.24) is 5.32 Å². The van der Waals surface area contributed by atoms with E-state index < -0.39 is 28.3 Å². The number of methoxy groups -OCH3 is 1. The number of thioether (sulfide) groups is 1. The van der Waals surface area contributed by atoms with E-state index in [1.54, 1.807) is 31.4 Å². The van der Waals surface area contributed by atoms with Gasteiger partial charge >= 0.3 is 6.18 Å². The summed E-state index contributed by atoms with van der Waals surface area (Å²) in [4.78, 5) is 22.0. The lowest BCUT2D eigenvalue weighted by Gasteiger charge is -2.10. The van der Waals surface area contributed by atoms with Gasteiger partial charge in [-0.15, -0.1) is 11.8 Å². The molecule has 0 unspecified atom stereocenters. The largest absolute Gasteiger partial charge is 0.497 e. The first-order valence-corrected chi connectivity index (χ1v) is 9.21. The van der Waals surface area contributed by atoms with Crippen molar-refractivity contribution in [2.75, 3.05) is 26.0 Å². The van der Waals surface area contributed by atoms with Gasteiger partial charge in [-0.3, -0.25) is 14.9 Å². The van der Waals surface area contributed by atoms with Gasteiger partial charge in [0, 0.05) is 6.07 Å². The lowest BCUT2D eigenvalue weighted by atomic mass is 10.2. The van der Waals surface area contributed by atoms with Crippen LogP contribution < -0.4 is 14.8 Å². The third kappa shape index (κ3) is 6.86. The topological polar surface area (TPSA) is 90.7 Å². The SMILES string of the molecule is COc1ccc(OCCNC(=O)CSc2ccc(C(F)(F)F)cc2[N+](=O)[O-])cc1. The van der Waals surface area contributed by atoms with Crippen molar-refractivity contribution in [3.63, 3.8) is 0 Å². The minimum absolute atomic E-state index is 0.0207. The van der Waals surface area contributed by atoms with Gasteiger partial charge in [0.1, 0.15) is 18.1 Å². The molecule has 2 rings (SSSR count). The summed E-state index contributed by atoms with van der Waals surface area (Å²) in [7, 11) is 1.54. The van der Waals surface area contributed by atoms with Crippen LogP contribution in [0.2, 0.25) is 0 Å². The maximum Gasteiger partial charge on any atom is 0.416 e. The molecule has 0 aliphatic heterocycles. The maximum atomic E-state index is 12.7. The molecule has 0 atom stereocenters. The maximum absolute atomic E-state index is 12.7. The lowest BCUT2D eigenvalue weighted by Crippen LogP contribution is -2.29. The van der Waals surface area contributed by atoms with Crippen molar-refractivity contribution in [2.45, 2.75) is 11.1 Å². The van der Waals surface area contributed by atoms with E-state index in [0.29, 0.717) is 17.6 Å². The Bertz CT molecular complexity index is 860. The molecule has 0 fully saturated rings. The molecule has 0 aromatic heterocycles. The Labute approximate surface area is 168 Å². The van der Waals surface area contributed by atoms with E-state index in [1.807, 2.05) is 0 Å².